The van der Waals surface area contributed by atoms with Gasteiger partial charge in [-0.3, -0.25) is 4.99 Å². The smallest absolute Gasteiger partial charge is 0.178 e. The van der Waals surface area contributed by atoms with E-state index in [1.807, 2.05) is 36.1 Å². The molecule has 0 aromatic heterocycles. The van der Waals surface area contributed by atoms with E-state index in [1.165, 1.54) is 0 Å². The normalized spacial score (nSPS) is 29.8. The van der Waals surface area contributed by atoms with E-state index in [4.69, 9.17) is 11.6 Å². The second-order valence-corrected chi connectivity index (χ2v) is 6.05. The molecule has 1 N–H and O–H groups in total. The molecule has 1 fully saturated rings. The van der Waals surface area contributed by atoms with E-state index in [0.29, 0.717) is 5.02 Å². The Bertz CT molecular complexity index is 481. The van der Waals surface area contributed by atoms with E-state index in [0.717, 1.165) is 23.8 Å². The lowest BCUT2D eigenvalue weighted by molar-refractivity contribution is -0.0623. The molecule has 3 rings (SSSR count). The van der Waals surface area contributed by atoms with Gasteiger partial charge in [-0.1, -0.05) is 35.5 Å². The summed E-state index contributed by atoms with van der Waals surface area (Å²) in [5.41, 5.74) is -0.0704. The van der Waals surface area contributed by atoms with Crippen LogP contribution in [0.4, 0.5) is 0 Å². The molecule has 0 saturated carbocycles. The van der Waals surface area contributed by atoms with Gasteiger partial charge in [0.1, 0.15) is 0 Å². The SMILES string of the molecule is Br.CC1SC2=NCCN2C1(O)c1ccc(Cl)cc1. The van der Waals surface area contributed by atoms with E-state index in [-0.39, 0.29) is 22.2 Å². The standard InChI is InChI=1S/C12H13ClN2OS.BrH/c1-8-12(16,9-2-4-10(13)5-3-9)15-7-6-14-11(15)17-8;/h2-5,8,16H,6-7H2,1H3;1H. The molecule has 0 bridgehead atoms. The van der Waals surface area contributed by atoms with Crippen molar-refractivity contribution in [3.63, 3.8) is 0 Å². The fraction of sp³-hybridized carbons (Fsp3) is 0.417. The van der Waals surface area contributed by atoms with E-state index in [1.54, 1.807) is 11.8 Å². The molecule has 1 saturated heterocycles. The zero-order valence-electron chi connectivity index (χ0n) is 9.84. The van der Waals surface area contributed by atoms with E-state index in [2.05, 4.69) is 4.99 Å². The number of rotatable bonds is 1. The largest absolute Gasteiger partial charge is 0.366 e. The van der Waals surface area contributed by atoms with Crippen molar-refractivity contribution in [2.45, 2.75) is 17.9 Å². The molecule has 2 atom stereocenters. The van der Waals surface area contributed by atoms with Crippen LogP contribution in [0, 0.1) is 0 Å². The molecule has 3 nitrogen and oxygen atoms in total. The van der Waals surface area contributed by atoms with Gasteiger partial charge in [-0.25, -0.2) is 0 Å². The number of aliphatic hydroxyl groups is 1. The van der Waals surface area contributed by atoms with Crippen LogP contribution in [0.3, 0.4) is 0 Å². The van der Waals surface area contributed by atoms with Crippen LogP contribution in [0.25, 0.3) is 0 Å². The molecule has 2 unspecified atom stereocenters. The summed E-state index contributed by atoms with van der Waals surface area (Å²) in [4.78, 5) is 6.40. The molecule has 6 heteroatoms. The lowest BCUT2D eigenvalue weighted by Gasteiger charge is -2.35. The van der Waals surface area contributed by atoms with Crippen molar-refractivity contribution in [1.29, 1.82) is 0 Å². The second kappa shape index (κ2) is 5.04. The van der Waals surface area contributed by atoms with Crippen LogP contribution in [-0.4, -0.2) is 33.5 Å². The van der Waals surface area contributed by atoms with Crippen LogP contribution in [0.15, 0.2) is 29.3 Å². The fourth-order valence-corrected chi connectivity index (χ4v) is 3.78. The molecule has 2 aliphatic rings. The lowest BCUT2D eigenvalue weighted by Crippen LogP contribution is -2.47. The number of hydrogen-bond acceptors (Lipinski definition) is 4. The van der Waals surface area contributed by atoms with Crippen molar-refractivity contribution >= 4 is 45.5 Å². The van der Waals surface area contributed by atoms with E-state index in [9.17, 15) is 5.11 Å². The number of nitrogens with zero attached hydrogens (tertiary/aromatic N) is 2. The van der Waals surface area contributed by atoms with Crippen LogP contribution < -0.4 is 0 Å². The van der Waals surface area contributed by atoms with Gasteiger partial charge in [-0.05, 0) is 19.1 Å². The van der Waals surface area contributed by atoms with Crippen LogP contribution in [0.2, 0.25) is 5.02 Å². The van der Waals surface area contributed by atoms with Crippen molar-refractivity contribution in [1.82, 2.24) is 4.90 Å². The molecule has 2 aliphatic heterocycles. The highest BCUT2D eigenvalue weighted by molar-refractivity contribution is 8.93. The molecule has 1 aromatic rings. The van der Waals surface area contributed by atoms with E-state index >= 15 is 0 Å². The summed E-state index contributed by atoms with van der Waals surface area (Å²) in [5.74, 6) is 0. The predicted octanol–water partition coefficient (Wildman–Crippen LogP) is 2.87. The van der Waals surface area contributed by atoms with Gasteiger partial charge in [-0.2, -0.15) is 0 Å². The maximum Gasteiger partial charge on any atom is 0.178 e. The third-order valence-corrected chi connectivity index (χ3v) is 4.83. The second-order valence-electron chi connectivity index (χ2n) is 4.31. The fourth-order valence-electron chi connectivity index (χ4n) is 2.39. The maximum absolute atomic E-state index is 11.0. The molecule has 1 aromatic carbocycles. The average Bonchev–Trinajstić information content (AvgIpc) is 2.85. The number of amidine groups is 1. The third-order valence-electron chi connectivity index (χ3n) is 3.33. The predicted molar refractivity (Wildman–Crippen MR) is 81.7 cm³/mol. The van der Waals surface area contributed by atoms with Gasteiger partial charge in [0.2, 0.25) is 0 Å². The molecule has 18 heavy (non-hydrogen) atoms. The molecule has 98 valence electrons. The van der Waals surface area contributed by atoms with Crippen molar-refractivity contribution in [2.24, 2.45) is 4.99 Å². The van der Waals surface area contributed by atoms with Gasteiger partial charge in [-0.15, -0.1) is 17.0 Å². The summed E-state index contributed by atoms with van der Waals surface area (Å²) in [6.45, 7) is 3.58. The first-order chi connectivity index (χ1) is 8.12. The van der Waals surface area contributed by atoms with Gasteiger partial charge in [0.05, 0.1) is 11.8 Å². The zero-order chi connectivity index (χ0) is 12.0. The van der Waals surface area contributed by atoms with Gasteiger partial charge >= 0.3 is 0 Å². The quantitative estimate of drug-likeness (QED) is 0.847. The highest BCUT2D eigenvalue weighted by Gasteiger charge is 2.51. The number of benzene rings is 1. The Labute approximate surface area is 126 Å². The minimum atomic E-state index is -0.954. The summed E-state index contributed by atoms with van der Waals surface area (Å²) in [6.07, 6.45) is 0. The number of hydrogen-bond donors (Lipinski definition) is 1. The molecule has 2 heterocycles. The Morgan fingerprint density at radius 1 is 1.44 bits per heavy atom. The van der Waals surface area contributed by atoms with Crippen molar-refractivity contribution in [3.05, 3.63) is 34.9 Å². The summed E-state index contributed by atoms with van der Waals surface area (Å²) in [7, 11) is 0. The molecule has 0 radical (unpaired) electrons. The van der Waals surface area contributed by atoms with Crippen LogP contribution in [-0.2, 0) is 5.72 Å². The number of halogens is 2. The van der Waals surface area contributed by atoms with Gasteiger partial charge < -0.3 is 10.0 Å². The third kappa shape index (κ3) is 1.97. The molecular weight excluding hydrogens is 336 g/mol. The Morgan fingerprint density at radius 2 is 2.11 bits per heavy atom. The molecule has 0 spiro atoms. The summed E-state index contributed by atoms with van der Waals surface area (Å²) >= 11 is 7.52. The summed E-state index contributed by atoms with van der Waals surface area (Å²) < 4.78 is 0. The van der Waals surface area contributed by atoms with Crippen molar-refractivity contribution < 1.29 is 5.11 Å². The van der Waals surface area contributed by atoms with E-state index < -0.39 is 5.72 Å². The topological polar surface area (TPSA) is 35.8 Å². The first kappa shape index (κ1) is 14.2. The van der Waals surface area contributed by atoms with Crippen LogP contribution in [0.5, 0.6) is 0 Å². The van der Waals surface area contributed by atoms with Gasteiger partial charge in [0, 0.05) is 17.1 Å². The Balaban J connectivity index is 0.00000120. The van der Waals surface area contributed by atoms with Gasteiger partial charge in [0.25, 0.3) is 0 Å². The minimum Gasteiger partial charge on any atom is -0.366 e. The molecular formula is C12H14BrClN2OS. The summed E-state index contributed by atoms with van der Waals surface area (Å²) in [6, 6.07) is 7.41. The Hall–Kier alpha value is -0.230. The number of fused-ring (bicyclic) bond motifs is 1. The van der Waals surface area contributed by atoms with Crippen molar-refractivity contribution in [3.8, 4) is 0 Å². The minimum absolute atomic E-state index is 0. The number of thioether (sulfide) groups is 1. The maximum atomic E-state index is 11.0. The first-order valence-electron chi connectivity index (χ1n) is 5.59. The highest BCUT2D eigenvalue weighted by atomic mass is 79.9. The van der Waals surface area contributed by atoms with Crippen molar-refractivity contribution in [2.75, 3.05) is 13.1 Å². The molecule has 0 amide bonds. The monoisotopic (exact) mass is 348 g/mol. The average molecular weight is 350 g/mol. The van der Waals surface area contributed by atoms with Crippen LogP contribution >= 0.6 is 40.3 Å². The number of aliphatic imine (C=N–C) groups is 1. The molecule has 0 aliphatic carbocycles. The Morgan fingerprint density at radius 3 is 2.78 bits per heavy atom. The van der Waals surface area contributed by atoms with Crippen LogP contribution in [0.1, 0.15) is 12.5 Å². The highest BCUT2D eigenvalue weighted by Crippen LogP contribution is 2.46. The lowest BCUT2D eigenvalue weighted by atomic mass is 9.98. The zero-order valence-corrected chi connectivity index (χ0v) is 13.1. The van der Waals surface area contributed by atoms with Gasteiger partial charge in [0.15, 0.2) is 10.9 Å². The summed E-state index contributed by atoms with van der Waals surface area (Å²) in [5, 5.41) is 12.7. The Kier molecular flexibility index (Phi) is 3.97. The first-order valence-corrected chi connectivity index (χ1v) is 6.85.